The number of hydrogen-bond acceptors (Lipinski definition) is 2. The van der Waals surface area contributed by atoms with Crippen LogP contribution in [-0.4, -0.2) is 39.4 Å². The highest BCUT2D eigenvalue weighted by Gasteiger charge is 2.05. The van der Waals surface area contributed by atoms with Gasteiger partial charge in [-0.25, -0.2) is 4.98 Å². The van der Waals surface area contributed by atoms with Crippen molar-refractivity contribution in [2.75, 3.05) is 25.0 Å². The molecular weight excluding hydrogens is 254 g/mol. The maximum Gasteiger partial charge on any atom is 0.109 e. The Kier molecular flexibility index (Phi) is 5.95. The number of aromatic nitrogens is 2. The first-order chi connectivity index (χ1) is 7.27. The van der Waals surface area contributed by atoms with E-state index in [1.54, 1.807) is 0 Å². The standard InChI is InChI=1S/C11H20BrN3/c1-3-7-15(9-5-12)8-4-11-13-6-10-14(11)2/h6,10H,3-5,7-9H2,1-2H3. The minimum Gasteiger partial charge on any atom is -0.338 e. The summed E-state index contributed by atoms with van der Waals surface area (Å²) in [6.45, 7) is 5.63. The van der Waals surface area contributed by atoms with Gasteiger partial charge in [-0.15, -0.1) is 0 Å². The SMILES string of the molecule is CCCN(CCBr)CCc1nccn1C. The summed E-state index contributed by atoms with van der Waals surface area (Å²) in [5, 5.41) is 1.05. The van der Waals surface area contributed by atoms with Crippen LogP contribution >= 0.6 is 15.9 Å². The maximum absolute atomic E-state index is 4.33. The summed E-state index contributed by atoms with van der Waals surface area (Å²) in [5.41, 5.74) is 0. The van der Waals surface area contributed by atoms with Crippen LogP contribution in [-0.2, 0) is 13.5 Å². The minimum atomic E-state index is 1.04. The van der Waals surface area contributed by atoms with Crippen LogP contribution in [0.15, 0.2) is 12.4 Å². The summed E-state index contributed by atoms with van der Waals surface area (Å²) in [7, 11) is 2.05. The summed E-state index contributed by atoms with van der Waals surface area (Å²) < 4.78 is 2.10. The molecule has 3 nitrogen and oxygen atoms in total. The van der Waals surface area contributed by atoms with Crippen LogP contribution in [0.25, 0.3) is 0 Å². The molecule has 0 saturated carbocycles. The zero-order valence-electron chi connectivity index (χ0n) is 9.62. The molecule has 1 heterocycles. The largest absolute Gasteiger partial charge is 0.338 e. The van der Waals surface area contributed by atoms with Crippen LogP contribution < -0.4 is 0 Å². The number of rotatable bonds is 7. The molecular formula is C11H20BrN3. The summed E-state index contributed by atoms with van der Waals surface area (Å²) in [5.74, 6) is 1.17. The van der Waals surface area contributed by atoms with E-state index in [9.17, 15) is 0 Å². The van der Waals surface area contributed by atoms with Crippen molar-refractivity contribution in [1.82, 2.24) is 14.5 Å². The normalized spacial score (nSPS) is 11.2. The maximum atomic E-state index is 4.33. The van der Waals surface area contributed by atoms with Crippen molar-refractivity contribution in [3.05, 3.63) is 18.2 Å². The van der Waals surface area contributed by atoms with Gasteiger partial charge in [-0.05, 0) is 13.0 Å². The predicted molar refractivity (Wildman–Crippen MR) is 67.4 cm³/mol. The van der Waals surface area contributed by atoms with Gasteiger partial charge in [0.25, 0.3) is 0 Å². The second kappa shape index (κ2) is 7.01. The van der Waals surface area contributed by atoms with Crippen LogP contribution in [0.2, 0.25) is 0 Å². The summed E-state index contributed by atoms with van der Waals surface area (Å²) >= 11 is 3.49. The van der Waals surface area contributed by atoms with Gasteiger partial charge in [-0.2, -0.15) is 0 Å². The molecule has 0 aliphatic rings. The van der Waals surface area contributed by atoms with Gasteiger partial charge >= 0.3 is 0 Å². The van der Waals surface area contributed by atoms with E-state index in [-0.39, 0.29) is 0 Å². The van der Waals surface area contributed by atoms with Gasteiger partial charge < -0.3 is 9.47 Å². The van der Waals surface area contributed by atoms with Crippen LogP contribution in [0.3, 0.4) is 0 Å². The fourth-order valence-electron chi connectivity index (χ4n) is 1.67. The number of nitrogens with zero attached hydrogens (tertiary/aromatic N) is 3. The Labute approximate surface area is 101 Å². The fourth-order valence-corrected chi connectivity index (χ4v) is 2.17. The second-order valence-electron chi connectivity index (χ2n) is 3.73. The molecule has 0 radical (unpaired) electrons. The van der Waals surface area contributed by atoms with E-state index in [2.05, 4.69) is 44.4 Å². The molecule has 86 valence electrons. The van der Waals surface area contributed by atoms with Gasteiger partial charge in [-0.1, -0.05) is 22.9 Å². The van der Waals surface area contributed by atoms with Crippen molar-refractivity contribution in [3.8, 4) is 0 Å². The van der Waals surface area contributed by atoms with Gasteiger partial charge in [0.2, 0.25) is 0 Å². The first-order valence-electron chi connectivity index (χ1n) is 5.52. The van der Waals surface area contributed by atoms with E-state index < -0.39 is 0 Å². The van der Waals surface area contributed by atoms with Gasteiger partial charge in [-0.3, -0.25) is 0 Å². The van der Waals surface area contributed by atoms with Gasteiger partial charge in [0.05, 0.1) is 0 Å². The second-order valence-corrected chi connectivity index (χ2v) is 4.53. The molecule has 0 fully saturated rings. The lowest BCUT2D eigenvalue weighted by Crippen LogP contribution is -2.29. The van der Waals surface area contributed by atoms with E-state index in [0.717, 1.165) is 24.8 Å². The zero-order chi connectivity index (χ0) is 11.1. The molecule has 0 aliphatic heterocycles. The molecule has 0 spiro atoms. The number of halogens is 1. The lowest BCUT2D eigenvalue weighted by Gasteiger charge is -2.20. The third kappa shape index (κ3) is 4.34. The number of imidazole rings is 1. The fraction of sp³-hybridized carbons (Fsp3) is 0.727. The van der Waals surface area contributed by atoms with Crippen LogP contribution in [0.5, 0.6) is 0 Å². The highest BCUT2D eigenvalue weighted by Crippen LogP contribution is 2.00. The van der Waals surface area contributed by atoms with Gasteiger partial charge in [0.1, 0.15) is 5.82 Å². The monoisotopic (exact) mass is 273 g/mol. The molecule has 15 heavy (non-hydrogen) atoms. The van der Waals surface area contributed by atoms with E-state index in [4.69, 9.17) is 0 Å². The highest BCUT2D eigenvalue weighted by molar-refractivity contribution is 9.09. The molecule has 0 saturated heterocycles. The lowest BCUT2D eigenvalue weighted by molar-refractivity contribution is 0.292. The van der Waals surface area contributed by atoms with Crippen molar-refractivity contribution in [1.29, 1.82) is 0 Å². The van der Waals surface area contributed by atoms with Crippen LogP contribution in [0, 0.1) is 0 Å². The Hall–Kier alpha value is -0.350. The molecule has 4 heteroatoms. The Morgan fingerprint density at radius 2 is 2.20 bits per heavy atom. The summed E-state index contributed by atoms with van der Waals surface area (Å²) in [4.78, 5) is 6.81. The number of hydrogen-bond donors (Lipinski definition) is 0. The van der Waals surface area contributed by atoms with E-state index in [1.807, 2.05) is 12.4 Å². The molecule has 0 N–H and O–H groups in total. The third-order valence-electron chi connectivity index (χ3n) is 2.51. The third-order valence-corrected chi connectivity index (χ3v) is 2.87. The Balaban J connectivity index is 2.36. The average molecular weight is 274 g/mol. The summed E-state index contributed by atoms with van der Waals surface area (Å²) in [6, 6.07) is 0. The first-order valence-corrected chi connectivity index (χ1v) is 6.64. The first kappa shape index (κ1) is 12.7. The average Bonchev–Trinajstić information content (AvgIpc) is 2.61. The van der Waals surface area contributed by atoms with Crippen molar-refractivity contribution in [2.45, 2.75) is 19.8 Å². The molecule has 0 atom stereocenters. The quantitative estimate of drug-likeness (QED) is 0.710. The number of alkyl halides is 1. The van der Waals surface area contributed by atoms with Crippen molar-refractivity contribution in [3.63, 3.8) is 0 Å². The van der Waals surface area contributed by atoms with E-state index >= 15 is 0 Å². The molecule has 1 aromatic rings. The Bertz CT molecular complexity index is 267. The minimum absolute atomic E-state index is 1.04. The molecule has 0 amide bonds. The summed E-state index contributed by atoms with van der Waals surface area (Å²) in [6.07, 6.45) is 6.12. The van der Waals surface area contributed by atoms with E-state index in [0.29, 0.717) is 0 Å². The molecule has 0 unspecified atom stereocenters. The smallest absolute Gasteiger partial charge is 0.109 e. The van der Waals surface area contributed by atoms with Crippen LogP contribution in [0.4, 0.5) is 0 Å². The van der Waals surface area contributed by atoms with Gasteiger partial charge in [0, 0.05) is 44.3 Å². The molecule has 1 aromatic heterocycles. The predicted octanol–water partition coefficient (Wildman–Crippen LogP) is 2.07. The molecule has 1 rings (SSSR count). The van der Waals surface area contributed by atoms with Crippen molar-refractivity contribution in [2.24, 2.45) is 7.05 Å². The Morgan fingerprint density at radius 1 is 1.40 bits per heavy atom. The van der Waals surface area contributed by atoms with E-state index in [1.165, 1.54) is 18.8 Å². The highest BCUT2D eigenvalue weighted by atomic mass is 79.9. The van der Waals surface area contributed by atoms with Crippen molar-refractivity contribution < 1.29 is 0 Å². The van der Waals surface area contributed by atoms with Gasteiger partial charge in [0.15, 0.2) is 0 Å². The molecule has 0 aliphatic carbocycles. The van der Waals surface area contributed by atoms with Crippen molar-refractivity contribution >= 4 is 15.9 Å². The molecule has 0 aromatic carbocycles. The lowest BCUT2D eigenvalue weighted by atomic mass is 10.3. The Morgan fingerprint density at radius 3 is 2.73 bits per heavy atom. The zero-order valence-corrected chi connectivity index (χ0v) is 11.2. The number of aryl methyl sites for hydroxylation is 1. The van der Waals surface area contributed by atoms with Crippen LogP contribution in [0.1, 0.15) is 19.2 Å². The molecule has 0 bridgehead atoms. The topological polar surface area (TPSA) is 21.1 Å².